The van der Waals surface area contributed by atoms with E-state index in [0.717, 1.165) is 17.8 Å². The van der Waals surface area contributed by atoms with Crippen LogP contribution < -0.4 is 5.73 Å². The van der Waals surface area contributed by atoms with Crippen LogP contribution in [0.3, 0.4) is 0 Å². The van der Waals surface area contributed by atoms with Gasteiger partial charge in [0.25, 0.3) is 0 Å². The standard InChI is InChI=1S/C25H38FN3O5SSi/c1-23(2,3)34-22(31)29(15-33-11-12-36(6,7)8)21-28-24(4,17-13-16(27)9-10-18(17)26)19-14-25(19,35-21)20(30)32-5/h9-10,13,19H,11-12,14-15,27H2,1-8H3/t19-,24+,25-/m0/s1. The fourth-order valence-electron chi connectivity index (χ4n) is 4.24. The highest BCUT2D eigenvalue weighted by Gasteiger charge is 2.72. The van der Waals surface area contributed by atoms with Crippen LogP contribution >= 0.6 is 11.8 Å². The number of rotatable bonds is 7. The third kappa shape index (κ3) is 6.05. The number of nitrogen functional groups attached to an aromatic ring is 1. The molecule has 200 valence electrons. The molecule has 0 saturated heterocycles. The molecule has 0 radical (unpaired) electrons. The molecule has 2 N–H and O–H groups in total. The van der Waals surface area contributed by atoms with E-state index in [1.54, 1.807) is 27.7 Å². The van der Waals surface area contributed by atoms with Gasteiger partial charge < -0.3 is 19.9 Å². The Kier molecular flexibility index (Phi) is 7.89. The molecular weight excluding hydrogens is 501 g/mol. The second-order valence-corrected chi connectivity index (χ2v) is 18.7. The van der Waals surface area contributed by atoms with E-state index in [2.05, 4.69) is 19.6 Å². The first-order chi connectivity index (χ1) is 16.5. The summed E-state index contributed by atoms with van der Waals surface area (Å²) < 4.78 is 30.8. The number of halogens is 1. The molecule has 3 atom stereocenters. The molecule has 0 spiro atoms. The number of carbonyl (C=O) groups excluding carboxylic acids is 2. The average Bonchev–Trinajstić information content (AvgIpc) is 3.49. The summed E-state index contributed by atoms with van der Waals surface area (Å²) in [5.74, 6) is -1.26. The molecule has 1 heterocycles. The molecule has 1 aliphatic carbocycles. The van der Waals surface area contributed by atoms with Crippen molar-refractivity contribution < 1.29 is 28.2 Å². The molecule has 1 fully saturated rings. The van der Waals surface area contributed by atoms with Crippen molar-refractivity contribution in [3.63, 3.8) is 0 Å². The molecule has 36 heavy (non-hydrogen) atoms. The Labute approximate surface area is 218 Å². The number of hydrogen-bond acceptors (Lipinski definition) is 8. The summed E-state index contributed by atoms with van der Waals surface area (Å²) >= 11 is 1.15. The minimum absolute atomic E-state index is 0.108. The van der Waals surface area contributed by atoms with Gasteiger partial charge in [0.2, 0.25) is 0 Å². The molecule has 8 nitrogen and oxygen atoms in total. The van der Waals surface area contributed by atoms with E-state index in [9.17, 15) is 9.59 Å². The molecule has 0 aromatic heterocycles. The van der Waals surface area contributed by atoms with Crippen LogP contribution in [-0.2, 0) is 24.5 Å². The lowest BCUT2D eigenvalue weighted by Crippen LogP contribution is -2.47. The van der Waals surface area contributed by atoms with Gasteiger partial charge in [-0.05, 0) is 58.4 Å². The molecular formula is C25H38FN3O5SSi. The van der Waals surface area contributed by atoms with Gasteiger partial charge in [0, 0.05) is 31.8 Å². The number of amidine groups is 1. The Morgan fingerprint density at radius 1 is 1.31 bits per heavy atom. The summed E-state index contributed by atoms with van der Waals surface area (Å²) in [4.78, 5) is 32.4. The van der Waals surface area contributed by atoms with E-state index in [1.165, 1.54) is 30.2 Å². The smallest absolute Gasteiger partial charge is 0.418 e. The van der Waals surface area contributed by atoms with Crippen LogP contribution in [0.15, 0.2) is 23.2 Å². The minimum atomic E-state index is -1.36. The van der Waals surface area contributed by atoms with Crippen molar-refractivity contribution in [2.24, 2.45) is 10.9 Å². The summed E-state index contributed by atoms with van der Waals surface area (Å²) in [6.45, 7) is 14.1. The second kappa shape index (κ2) is 9.98. The third-order valence-corrected chi connectivity index (χ3v) is 9.50. The molecule has 0 unspecified atom stereocenters. The van der Waals surface area contributed by atoms with Gasteiger partial charge in [0.15, 0.2) is 5.17 Å². The van der Waals surface area contributed by atoms with Crippen molar-refractivity contribution >= 4 is 42.8 Å². The van der Waals surface area contributed by atoms with Crippen molar-refractivity contribution in [3.8, 4) is 0 Å². The lowest BCUT2D eigenvalue weighted by Gasteiger charge is -2.37. The second-order valence-electron chi connectivity index (χ2n) is 11.8. The minimum Gasteiger partial charge on any atom is -0.468 e. The number of benzene rings is 1. The fourth-order valence-corrected chi connectivity index (χ4v) is 6.59. The zero-order valence-corrected chi connectivity index (χ0v) is 24.3. The number of carbonyl (C=O) groups is 2. The van der Waals surface area contributed by atoms with Crippen molar-refractivity contribution in [1.29, 1.82) is 0 Å². The van der Waals surface area contributed by atoms with E-state index in [4.69, 9.17) is 24.9 Å². The first-order valence-electron chi connectivity index (χ1n) is 12.0. The average molecular weight is 540 g/mol. The van der Waals surface area contributed by atoms with Crippen molar-refractivity contribution in [2.75, 3.05) is 26.2 Å². The first kappa shape index (κ1) is 28.5. The van der Waals surface area contributed by atoms with E-state index < -0.39 is 41.8 Å². The third-order valence-electron chi connectivity index (χ3n) is 6.32. The van der Waals surface area contributed by atoms with Crippen molar-refractivity contribution in [1.82, 2.24) is 4.90 Å². The molecule has 1 aromatic rings. The predicted octanol–water partition coefficient (Wildman–Crippen LogP) is 5.21. The van der Waals surface area contributed by atoms with E-state index >= 15 is 4.39 Å². The van der Waals surface area contributed by atoms with Gasteiger partial charge >= 0.3 is 12.1 Å². The highest BCUT2D eigenvalue weighted by Crippen LogP contribution is 2.67. The summed E-state index contributed by atoms with van der Waals surface area (Å²) in [5, 5.41) is 0.223. The first-order valence-corrected chi connectivity index (χ1v) is 16.6. The highest BCUT2D eigenvalue weighted by atomic mass is 32.2. The predicted molar refractivity (Wildman–Crippen MR) is 143 cm³/mol. The molecule has 1 amide bonds. The SMILES string of the molecule is COC(=O)[C@]12C[C@H]1[C@@](C)(c1cc(N)ccc1F)N=C(N(COCC[Si](C)(C)C)C(=O)OC(C)(C)C)S2. The summed E-state index contributed by atoms with van der Waals surface area (Å²) in [6.07, 6.45) is -0.239. The number of methoxy groups -OCH3 is 1. The maximum Gasteiger partial charge on any atom is 0.418 e. The zero-order chi connectivity index (χ0) is 27.1. The summed E-state index contributed by atoms with van der Waals surface area (Å²) in [6, 6.07) is 5.22. The number of ether oxygens (including phenoxy) is 3. The molecule has 1 aromatic carbocycles. The number of anilines is 1. The molecule has 1 saturated carbocycles. The van der Waals surface area contributed by atoms with Crippen molar-refractivity contribution in [2.45, 2.75) is 75.7 Å². The van der Waals surface area contributed by atoms with Crippen LogP contribution in [0.5, 0.6) is 0 Å². The number of nitrogens with two attached hydrogens (primary N) is 1. The fraction of sp³-hybridized carbons (Fsp3) is 0.640. The zero-order valence-electron chi connectivity index (χ0n) is 22.4. The molecule has 11 heteroatoms. The monoisotopic (exact) mass is 539 g/mol. The summed E-state index contributed by atoms with van der Waals surface area (Å²) in [7, 11) is -0.0376. The van der Waals surface area contributed by atoms with E-state index in [-0.39, 0.29) is 23.4 Å². The van der Waals surface area contributed by atoms with Crippen LogP contribution in [0.25, 0.3) is 0 Å². The lowest BCUT2D eigenvalue weighted by molar-refractivity contribution is -0.141. The Hall–Kier alpha value is -2.11. The van der Waals surface area contributed by atoms with Gasteiger partial charge in [-0.3, -0.25) is 9.79 Å². The highest BCUT2D eigenvalue weighted by molar-refractivity contribution is 8.15. The number of nitrogens with zero attached hydrogens (tertiary/aromatic N) is 2. The van der Waals surface area contributed by atoms with Gasteiger partial charge in [0.1, 0.15) is 22.9 Å². The number of aliphatic imine (C=N–C) groups is 1. The Balaban J connectivity index is 2.05. The number of esters is 1. The van der Waals surface area contributed by atoms with Crippen LogP contribution in [0.1, 0.15) is 39.7 Å². The molecule has 3 rings (SSSR count). The number of fused-ring (bicyclic) bond motifs is 1. The Morgan fingerprint density at radius 3 is 2.56 bits per heavy atom. The van der Waals surface area contributed by atoms with Gasteiger partial charge in [-0.15, -0.1) is 0 Å². The van der Waals surface area contributed by atoms with Gasteiger partial charge in [0.05, 0.1) is 12.6 Å². The Morgan fingerprint density at radius 2 is 1.97 bits per heavy atom. The van der Waals surface area contributed by atoms with Crippen LogP contribution in [-0.4, -0.2) is 61.0 Å². The van der Waals surface area contributed by atoms with Crippen LogP contribution in [0.4, 0.5) is 14.9 Å². The molecule has 0 bridgehead atoms. The van der Waals surface area contributed by atoms with E-state index in [1.807, 2.05) is 0 Å². The van der Waals surface area contributed by atoms with Crippen molar-refractivity contribution in [3.05, 3.63) is 29.6 Å². The maximum absolute atomic E-state index is 15.1. The van der Waals surface area contributed by atoms with E-state index in [0.29, 0.717) is 18.7 Å². The topological polar surface area (TPSA) is 103 Å². The van der Waals surface area contributed by atoms with Gasteiger partial charge in [-0.25, -0.2) is 14.1 Å². The number of amides is 1. The lowest BCUT2D eigenvalue weighted by atomic mass is 9.85. The maximum atomic E-state index is 15.1. The largest absolute Gasteiger partial charge is 0.468 e. The molecule has 2 aliphatic rings. The number of thioether (sulfide) groups is 1. The summed E-state index contributed by atoms with van der Waals surface area (Å²) in [5.41, 5.74) is 4.71. The van der Waals surface area contributed by atoms with Gasteiger partial charge in [-0.1, -0.05) is 31.4 Å². The number of hydrogen-bond donors (Lipinski definition) is 1. The quantitative estimate of drug-likeness (QED) is 0.167. The van der Waals surface area contributed by atoms with Gasteiger partial charge in [-0.2, -0.15) is 0 Å². The van der Waals surface area contributed by atoms with Crippen LogP contribution in [0.2, 0.25) is 25.7 Å². The Bertz CT molecular complexity index is 1060. The normalized spacial score (nSPS) is 25.5. The van der Waals surface area contributed by atoms with Crippen LogP contribution in [0, 0.1) is 11.7 Å². The molecule has 1 aliphatic heterocycles.